The van der Waals surface area contributed by atoms with Gasteiger partial charge in [-0.25, -0.2) is 4.98 Å². The summed E-state index contributed by atoms with van der Waals surface area (Å²) in [7, 11) is 0. The van der Waals surface area contributed by atoms with Crippen molar-refractivity contribution in [3.05, 3.63) is 16.3 Å². The minimum atomic E-state index is -0.593. The molecule has 0 unspecified atom stereocenters. The molecule has 0 spiro atoms. The van der Waals surface area contributed by atoms with E-state index in [9.17, 15) is 14.9 Å². The minimum Gasteiger partial charge on any atom is -0.355 e. The molecule has 0 radical (unpaired) electrons. The van der Waals surface area contributed by atoms with E-state index in [-0.39, 0.29) is 29.9 Å². The van der Waals surface area contributed by atoms with Gasteiger partial charge in [-0.3, -0.25) is 14.9 Å². The zero-order chi connectivity index (χ0) is 15.8. The maximum absolute atomic E-state index is 11.6. The van der Waals surface area contributed by atoms with Crippen molar-refractivity contribution in [2.24, 2.45) is 5.92 Å². The van der Waals surface area contributed by atoms with Crippen LogP contribution in [0.4, 0.5) is 17.5 Å². The van der Waals surface area contributed by atoms with Crippen LogP contribution in [0.15, 0.2) is 6.20 Å². The lowest BCUT2D eigenvalue weighted by Gasteiger charge is -2.10. The molecule has 9 heteroatoms. The van der Waals surface area contributed by atoms with Crippen LogP contribution in [0.2, 0.25) is 0 Å². The SMILES string of the molecule is CCNc1ncc([N+](=O)[O-])c(NCC(=O)NCC(C)C)n1. The second-order valence-corrected chi connectivity index (χ2v) is 4.77. The van der Waals surface area contributed by atoms with Crippen molar-refractivity contribution in [2.45, 2.75) is 20.8 Å². The van der Waals surface area contributed by atoms with Crippen LogP contribution in [0.25, 0.3) is 0 Å². The Labute approximate surface area is 122 Å². The Bertz CT molecular complexity index is 506. The molecule has 116 valence electrons. The number of rotatable bonds is 8. The number of hydrogen-bond donors (Lipinski definition) is 3. The lowest BCUT2D eigenvalue weighted by atomic mass is 10.2. The highest BCUT2D eigenvalue weighted by molar-refractivity contribution is 5.81. The largest absolute Gasteiger partial charge is 0.355 e. The Morgan fingerprint density at radius 1 is 1.43 bits per heavy atom. The summed E-state index contributed by atoms with van der Waals surface area (Å²) in [5, 5.41) is 19.2. The van der Waals surface area contributed by atoms with Crippen LogP contribution >= 0.6 is 0 Å². The molecule has 1 heterocycles. The van der Waals surface area contributed by atoms with Crippen LogP contribution in [0, 0.1) is 16.0 Å². The summed E-state index contributed by atoms with van der Waals surface area (Å²) in [5.74, 6) is 0.378. The maximum atomic E-state index is 11.6. The summed E-state index contributed by atoms with van der Waals surface area (Å²) in [4.78, 5) is 29.8. The van der Waals surface area contributed by atoms with Gasteiger partial charge in [0.1, 0.15) is 6.20 Å². The van der Waals surface area contributed by atoms with Crippen molar-refractivity contribution >= 4 is 23.4 Å². The molecule has 0 saturated carbocycles. The van der Waals surface area contributed by atoms with Gasteiger partial charge in [0.25, 0.3) is 0 Å². The van der Waals surface area contributed by atoms with Gasteiger partial charge in [0, 0.05) is 13.1 Å². The fourth-order valence-corrected chi connectivity index (χ4v) is 1.43. The molecule has 3 N–H and O–H groups in total. The van der Waals surface area contributed by atoms with Crippen molar-refractivity contribution in [1.82, 2.24) is 15.3 Å². The van der Waals surface area contributed by atoms with Crippen molar-refractivity contribution < 1.29 is 9.72 Å². The molecule has 21 heavy (non-hydrogen) atoms. The fourth-order valence-electron chi connectivity index (χ4n) is 1.43. The molecule has 1 aromatic rings. The number of aromatic nitrogens is 2. The second-order valence-electron chi connectivity index (χ2n) is 4.77. The topological polar surface area (TPSA) is 122 Å². The Balaban J connectivity index is 2.73. The third-order valence-electron chi connectivity index (χ3n) is 2.42. The summed E-state index contributed by atoms with van der Waals surface area (Å²) in [6.45, 7) is 6.87. The predicted molar refractivity (Wildman–Crippen MR) is 79.2 cm³/mol. The highest BCUT2D eigenvalue weighted by Gasteiger charge is 2.17. The molecule has 0 aliphatic rings. The summed E-state index contributed by atoms with van der Waals surface area (Å²) < 4.78 is 0. The first-order valence-corrected chi connectivity index (χ1v) is 6.69. The molecule has 0 saturated heterocycles. The van der Waals surface area contributed by atoms with E-state index < -0.39 is 4.92 Å². The van der Waals surface area contributed by atoms with Gasteiger partial charge in [0.15, 0.2) is 0 Å². The van der Waals surface area contributed by atoms with Crippen molar-refractivity contribution in [3.8, 4) is 0 Å². The number of hydrogen-bond acceptors (Lipinski definition) is 7. The quantitative estimate of drug-likeness (QED) is 0.483. The number of amides is 1. The summed E-state index contributed by atoms with van der Waals surface area (Å²) in [5.41, 5.74) is -0.270. The number of carbonyl (C=O) groups is 1. The van der Waals surface area contributed by atoms with Crippen LogP contribution in [0.3, 0.4) is 0 Å². The molecule has 1 aromatic heterocycles. The van der Waals surface area contributed by atoms with Gasteiger partial charge < -0.3 is 16.0 Å². The molecule has 0 aromatic carbocycles. The second kappa shape index (κ2) is 7.98. The average molecular weight is 296 g/mol. The van der Waals surface area contributed by atoms with E-state index in [1.54, 1.807) is 0 Å². The molecule has 1 rings (SSSR count). The Kier molecular flexibility index (Phi) is 6.31. The smallest absolute Gasteiger partial charge is 0.329 e. The molecule has 1 amide bonds. The van der Waals surface area contributed by atoms with Crippen molar-refractivity contribution in [2.75, 3.05) is 30.3 Å². The summed E-state index contributed by atoms with van der Waals surface area (Å²) >= 11 is 0. The third kappa shape index (κ3) is 5.59. The van der Waals surface area contributed by atoms with Crippen molar-refractivity contribution in [3.63, 3.8) is 0 Å². The predicted octanol–water partition coefficient (Wildman–Crippen LogP) is 1.00. The molecule has 0 fully saturated rings. The normalized spacial score (nSPS) is 10.3. The van der Waals surface area contributed by atoms with E-state index in [0.29, 0.717) is 19.0 Å². The monoisotopic (exact) mass is 296 g/mol. The first-order valence-electron chi connectivity index (χ1n) is 6.69. The Morgan fingerprint density at radius 2 is 2.14 bits per heavy atom. The fraction of sp³-hybridized carbons (Fsp3) is 0.583. The minimum absolute atomic E-state index is 0.0191. The van der Waals surface area contributed by atoms with Crippen LogP contribution in [0.1, 0.15) is 20.8 Å². The van der Waals surface area contributed by atoms with Gasteiger partial charge >= 0.3 is 5.69 Å². The van der Waals surface area contributed by atoms with Gasteiger partial charge in [-0.15, -0.1) is 0 Å². The van der Waals surface area contributed by atoms with E-state index in [2.05, 4.69) is 25.9 Å². The van der Waals surface area contributed by atoms with Crippen LogP contribution in [0.5, 0.6) is 0 Å². The van der Waals surface area contributed by atoms with Gasteiger partial charge in [0.05, 0.1) is 11.5 Å². The molecule has 0 atom stereocenters. The highest BCUT2D eigenvalue weighted by atomic mass is 16.6. The Morgan fingerprint density at radius 3 is 2.71 bits per heavy atom. The lowest BCUT2D eigenvalue weighted by molar-refractivity contribution is -0.384. The summed E-state index contributed by atoms with van der Waals surface area (Å²) in [6.07, 6.45) is 1.11. The van der Waals surface area contributed by atoms with Crippen LogP contribution < -0.4 is 16.0 Å². The number of nitrogens with zero attached hydrogens (tertiary/aromatic N) is 3. The molecular formula is C12H20N6O3. The average Bonchev–Trinajstić information content (AvgIpc) is 2.43. The molecule has 0 aliphatic heterocycles. The third-order valence-corrected chi connectivity index (χ3v) is 2.42. The first kappa shape index (κ1) is 16.6. The number of nitro groups is 1. The number of nitrogens with one attached hydrogen (secondary N) is 3. The van der Waals surface area contributed by atoms with Crippen LogP contribution in [-0.4, -0.2) is 40.4 Å². The summed E-state index contributed by atoms with van der Waals surface area (Å²) in [6, 6.07) is 0. The van der Waals surface area contributed by atoms with E-state index in [1.807, 2.05) is 20.8 Å². The van der Waals surface area contributed by atoms with Gasteiger partial charge in [-0.1, -0.05) is 13.8 Å². The van der Waals surface area contributed by atoms with Gasteiger partial charge in [-0.2, -0.15) is 4.98 Å². The molecule has 0 bridgehead atoms. The van der Waals surface area contributed by atoms with Crippen LogP contribution in [-0.2, 0) is 4.79 Å². The molecule has 0 aliphatic carbocycles. The van der Waals surface area contributed by atoms with E-state index in [0.717, 1.165) is 6.20 Å². The van der Waals surface area contributed by atoms with E-state index >= 15 is 0 Å². The zero-order valence-electron chi connectivity index (χ0n) is 12.3. The Hall–Kier alpha value is -2.45. The van der Waals surface area contributed by atoms with E-state index in [1.165, 1.54) is 0 Å². The molecule has 9 nitrogen and oxygen atoms in total. The number of anilines is 2. The zero-order valence-corrected chi connectivity index (χ0v) is 12.3. The maximum Gasteiger partial charge on any atom is 0.329 e. The van der Waals surface area contributed by atoms with Crippen molar-refractivity contribution in [1.29, 1.82) is 0 Å². The highest BCUT2D eigenvalue weighted by Crippen LogP contribution is 2.21. The van der Waals surface area contributed by atoms with E-state index in [4.69, 9.17) is 0 Å². The molecular weight excluding hydrogens is 276 g/mol. The van der Waals surface area contributed by atoms with Gasteiger partial charge in [-0.05, 0) is 12.8 Å². The van der Waals surface area contributed by atoms with Gasteiger partial charge in [0.2, 0.25) is 17.7 Å². The number of carbonyl (C=O) groups excluding carboxylic acids is 1. The lowest BCUT2D eigenvalue weighted by Crippen LogP contribution is -2.32. The standard InChI is InChI=1S/C12H20N6O3/c1-4-13-12-16-6-9(18(20)21)11(17-12)15-7-10(19)14-5-8(2)3/h6,8H,4-5,7H2,1-3H3,(H,14,19)(H2,13,15,16,17). The first-order chi connectivity index (χ1) is 9.93.